The predicted octanol–water partition coefficient (Wildman–Crippen LogP) is 3.06. The van der Waals surface area contributed by atoms with Gasteiger partial charge in [0.2, 0.25) is 0 Å². The van der Waals surface area contributed by atoms with E-state index in [0.717, 1.165) is 21.6 Å². The zero-order chi connectivity index (χ0) is 12.7. The summed E-state index contributed by atoms with van der Waals surface area (Å²) < 4.78 is 1.74. The summed E-state index contributed by atoms with van der Waals surface area (Å²) in [4.78, 5) is 17.4. The van der Waals surface area contributed by atoms with Gasteiger partial charge in [-0.25, -0.2) is 8.94 Å². The van der Waals surface area contributed by atoms with Gasteiger partial charge in [0.1, 0.15) is 4.83 Å². The minimum atomic E-state index is 0.0144. The third-order valence-corrected chi connectivity index (χ3v) is 4.04. The van der Waals surface area contributed by atoms with Crippen molar-refractivity contribution in [2.45, 2.75) is 13.8 Å². The number of benzene rings is 1. The number of pyridine rings is 1. The first-order valence-electron chi connectivity index (χ1n) is 5.72. The molecule has 0 fully saturated rings. The maximum absolute atomic E-state index is 12.4. The van der Waals surface area contributed by atoms with Gasteiger partial charge in [-0.15, -0.1) is 0 Å². The summed E-state index contributed by atoms with van der Waals surface area (Å²) >= 11 is 1.40. The molecule has 0 atom stereocenters. The first-order chi connectivity index (χ1) is 8.68. The summed E-state index contributed by atoms with van der Waals surface area (Å²) in [6.45, 7) is 4.04. The van der Waals surface area contributed by atoms with E-state index < -0.39 is 0 Å². The lowest BCUT2D eigenvalue weighted by molar-refractivity contribution is 1.09. The Kier molecular flexibility index (Phi) is 2.52. The van der Waals surface area contributed by atoms with Crippen LogP contribution in [0.1, 0.15) is 11.1 Å². The van der Waals surface area contributed by atoms with E-state index in [0.29, 0.717) is 5.39 Å². The van der Waals surface area contributed by atoms with Crippen LogP contribution < -0.4 is 5.56 Å². The SMILES string of the molecule is Cc1cccc(C)c1-n1sc2ncccc2c1=O. The number of hydrogen-bond donors (Lipinski definition) is 0. The molecule has 0 N–H and O–H groups in total. The lowest BCUT2D eigenvalue weighted by atomic mass is 10.1. The number of aromatic nitrogens is 2. The second-order valence-electron chi connectivity index (χ2n) is 4.29. The van der Waals surface area contributed by atoms with Crippen molar-refractivity contribution in [2.24, 2.45) is 0 Å². The molecule has 0 unspecified atom stereocenters. The molecular formula is C14H12N2OS. The second-order valence-corrected chi connectivity index (χ2v) is 5.22. The molecule has 0 aliphatic carbocycles. The van der Waals surface area contributed by atoms with E-state index in [-0.39, 0.29) is 5.56 Å². The van der Waals surface area contributed by atoms with Crippen molar-refractivity contribution < 1.29 is 0 Å². The summed E-state index contributed by atoms with van der Waals surface area (Å²) in [5.74, 6) is 0. The van der Waals surface area contributed by atoms with Crippen LogP contribution in [0, 0.1) is 13.8 Å². The topological polar surface area (TPSA) is 34.9 Å². The minimum Gasteiger partial charge on any atom is -0.267 e. The summed E-state index contributed by atoms with van der Waals surface area (Å²) in [5, 5.41) is 0.685. The van der Waals surface area contributed by atoms with E-state index in [1.807, 2.05) is 38.1 Å². The summed E-state index contributed by atoms with van der Waals surface area (Å²) in [6.07, 6.45) is 1.72. The molecule has 0 bridgehead atoms. The average Bonchev–Trinajstić information content (AvgIpc) is 2.68. The van der Waals surface area contributed by atoms with Crippen molar-refractivity contribution in [2.75, 3.05) is 0 Å². The minimum absolute atomic E-state index is 0.0144. The lowest BCUT2D eigenvalue weighted by Gasteiger charge is -2.08. The van der Waals surface area contributed by atoms with E-state index in [4.69, 9.17) is 0 Å². The summed E-state index contributed by atoms with van der Waals surface area (Å²) in [7, 11) is 0. The smallest absolute Gasteiger partial charge is 0.267 e. The van der Waals surface area contributed by atoms with Crippen LogP contribution in [0.2, 0.25) is 0 Å². The van der Waals surface area contributed by atoms with E-state index in [2.05, 4.69) is 4.98 Å². The normalized spacial score (nSPS) is 11.0. The molecule has 4 heteroatoms. The van der Waals surface area contributed by atoms with Gasteiger partial charge in [0.25, 0.3) is 5.56 Å². The molecule has 0 radical (unpaired) electrons. The van der Waals surface area contributed by atoms with Gasteiger partial charge in [-0.05, 0) is 48.6 Å². The molecule has 2 aromatic heterocycles. The van der Waals surface area contributed by atoms with Gasteiger partial charge in [0.05, 0.1) is 11.1 Å². The average molecular weight is 256 g/mol. The molecule has 1 aromatic carbocycles. The molecule has 0 spiro atoms. The van der Waals surface area contributed by atoms with Gasteiger partial charge in [-0.3, -0.25) is 4.79 Å². The molecule has 0 amide bonds. The molecule has 0 aliphatic heterocycles. The number of rotatable bonds is 1. The Labute approximate surface area is 108 Å². The summed E-state index contributed by atoms with van der Waals surface area (Å²) in [6, 6.07) is 9.67. The zero-order valence-corrected chi connectivity index (χ0v) is 11.0. The number of aryl methyl sites for hydroxylation is 2. The fourth-order valence-corrected chi connectivity index (χ4v) is 3.23. The second kappa shape index (κ2) is 4.07. The highest BCUT2D eigenvalue weighted by Gasteiger charge is 2.12. The maximum atomic E-state index is 12.4. The van der Waals surface area contributed by atoms with Crippen molar-refractivity contribution in [3.8, 4) is 5.69 Å². The Balaban J connectivity index is 2.39. The lowest BCUT2D eigenvalue weighted by Crippen LogP contribution is -2.13. The third-order valence-electron chi connectivity index (χ3n) is 3.01. The van der Waals surface area contributed by atoms with Gasteiger partial charge in [-0.1, -0.05) is 18.2 Å². The van der Waals surface area contributed by atoms with E-state index in [1.165, 1.54) is 11.5 Å². The van der Waals surface area contributed by atoms with Crippen LogP contribution >= 0.6 is 11.5 Å². The molecule has 3 aromatic rings. The van der Waals surface area contributed by atoms with Crippen LogP contribution in [0.3, 0.4) is 0 Å². The van der Waals surface area contributed by atoms with Crippen LogP contribution in [0.5, 0.6) is 0 Å². The summed E-state index contributed by atoms with van der Waals surface area (Å²) in [5.41, 5.74) is 3.19. The number of hydrogen-bond acceptors (Lipinski definition) is 3. The zero-order valence-electron chi connectivity index (χ0n) is 10.2. The van der Waals surface area contributed by atoms with E-state index in [1.54, 1.807) is 16.2 Å². The van der Waals surface area contributed by atoms with Gasteiger partial charge < -0.3 is 0 Å². The van der Waals surface area contributed by atoms with Crippen molar-refractivity contribution in [3.05, 3.63) is 58.0 Å². The molecule has 0 saturated heterocycles. The maximum Gasteiger partial charge on any atom is 0.274 e. The number of para-hydroxylation sites is 1. The largest absolute Gasteiger partial charge is 0.274 e. The molecule has 18 heavy (non-hydrogen) atoms. The quantitative estimate of drug-likeness (QED) is 0.670. The molecular weight excluding hydrogens is 244 g/mol. The van der Waals surface area contributed by atoms with Crippen LogP contribution in [-0.2, 0) is 0 Å². The Hall–Kier alpha value is -1.94. The highest BCUT2D eigenvalue weighted by Crippen LogP contribution is 2.22. The number of fused-ring (bicyclic) bond motifs is 1. The van der Waals surface area contributed by atoms with Gasteiger partial charge >= 0.3 is 0 Å². The first-order valence-corrected chi connectivity index (χ1v) is 6.49. The molecule has 0 saturated carbocycles. The fourth-order valence-electron chi connectivity index (χ4n) is 2.14. The van der Waals surface area contributed by atoms with Gasteiger partial charge in [-0.2, -0.15) is 0 Å². The van der Waals surface area contributed by atoms with Gasteiger partial charge in [0.15, 0.2) is 0 Å². The molecule has 0 aliphatic rings. The standard InChI is InChI=1S/C14H12N2OS/c1-9-5-3-6-10(2)12(9)16-14(17)11-7-4-8-15-13(11)18-16/h3-8H,1-2H3. The van der Waals surface area contributed by atoms with Gasteiger partial charge in [0, 0.05) is 6.20 Å². The van der Waals surface area contributed by atoms with Crippen LogP contribution in [0.25, 0.3) is 15.9 Å². The van der Waals surface area contributed by atoms with Crippen molar-refractivity contribution in [1.29, 1.82) is 0 Å². The highest BCUT2D eigenvalue weighted by atomic mass is 32.1. The van der Waals surface area contributed by atoms with Crippen molar-refractivity contribution in [3.63, 3.8) is 0 Å². The molecule has 2 heterocycles. The Bertz CT molecular complexity index is 766. The van der Waals surface area contributed by atoms with Crippen molar-refractivity contribution in [1.82, 2.24) is 8.94 Å². The molecule has 90 valence electrons. The van der Waals surface area contributed by atoms with Crippen LogP contribution in [0.15, 0.2) is 41.3 Å². The van der Waals surface area contributed by atoms with Crippen molar-refractivity contribution >= 4 is 21.7 Å². The number of nitrogens with zero attached hydrogens (tertiary/aromatic N) is 2. The highest BCUT2D eigenvalue weighted by molar-refractivity contribution is 7.13. The molecule has 3 nitrogen and oxygen atoms in total. The predicted molar refractivity (Wildman–Crippen MR) is 74.7 cm³/mol. The van der Waals surface area contributed by atoms with E-state index in [9.17, 15) is 4.79 Å². The van der Waals surface area contributed by atoms with E-state index >= 15 is 0 Å². The Morgan fingerprint density at radius 1 is 1.11 bits per heavy atom. The Morgan fingerprint density at radius 3 is 2.50 bits per heavy atom. The monoisotopic (exact) mass is 256 g/mol. The third kappa shape index (κ3) is 1.57. The first kappa shape index (κ1) is 11.2. The van der Waals surface area contributed by atoms with Crippen LogP contribution in [-0.4, -0.2) is 8.94 Å². The fraction of sp³-hybridized carbons (Fsp3) is 0.143. The Morgan fingerprint density at radius 2 is 1.83 bits per heavy atom. The molecule has 3 rings (SSSR count). The van der Waals surface area contributed by atoms with Crippen LogP contribution in [0.4, 0.5) is 0 Å².